The molecule has 0 spiro atoms. The predicted octanol–water partition coefficient (Wildman–Crippen LogP) is 6.47. The maximum atomic E-state index is 12.4. The van der Waals surface area contributed by atoms with Crippen LogP contribution in [0.2, 0.25) is 0 Å². The number of halogens is 5. The second-order valence-electron chi connectivity index (χ2n) is 6.42. The summed E-state index contributed by atoms with van der Waals surface area (Å²) in [5, 5.41) is 0. The molecule has 3 rings (SSSR count). The van der Waals surface area contributed by atoms with E-state index < -0.39 is 11.7 Å². The molecule has 0 amide bonds. The van der Waals surface area contributed by atoms with Crippen molar-refractivity contribution in [1.82, 2.24) is 10.5 Å². The molecule has 3 aromatic rings. The Hall–Kier alpha value is -0.452. The van der Waals surface area contributed by atoms with E-state index in [4.69, 9.17) is 0 Å². The van der Waals surface area contributed by atoms with Gasteiger partial charge < -0.3 is 0 Å². The van der Waals surface area contributed by atoms with Gasteiger partial charge in [-0.05, 0) is 12.5 Å². The fourth-order valence-electron chi connectivity index (χ4n) is 2.44. The molecule has 3 nitrogen and oxygen atoms in total. The number of benzene rings is 2. The normalized spacial score (nSPS) is 11.4. The molecular formula is C20H20F3I2N3Pt. The summed E-state index contributed by atoms with van der Waals surface area (Å²) in [4.78, 5) is 0. The third-order valence-corrected chi connectivity index (χ3v) is 6.15. The molecule has 0 aliphatic rings. The minimum absolute atomic E-state index is 0.567. The topological polar surface area (TPSA) is 13.1 Å². The molecular weight excluding hydrogens is 788 g/mol. The summed E-state index contributed by atoms with van der Waals surface area (Å²) < 4.78 is 44.3. The van der Waals surface area contributed by atoms with Crippen LogP contribution in [0.3, 0.4) is 0 Å². The summed E-state index contributed by atoms with van der Waals surface area (Å²) in [5.74, 6) is 0. The van der Waals surface area contributed by atoms with Crippen molar-refractivity contribution in [1.29, 1.82) is 0 Å². The zero-order chi connectivity index (χ0) is 21.6. The van der Waals surface area contributed by atoms with Crippen molar-refractivity contribution in [3.05, 3.63) is 87.0 Å². The summed E-state index contributed by atoms with van der Waals surface area (Å²) in [5.41, 5.74) is 2.92. The van der Waals surface area contributed by atoms with Crippen LogP contribution < -0.4 is 0 Å². The Labute approximate surface area is 207 Å². The molecule has 0 bridgehead atoms. The quantitative estimate of drug-likeness (QED) is 0.218. The van der Waals surface area contributed by atoms with E-state index >= 15 is 0 Å². The molecule has 0 atom stereocenters. The van der Waals surface area contributed by atoms with E-state index in [9.17, 15) is 13.2 Å². The molecule has 160 valence electrons. The van der Waals surface area contributed by atoms with E-state index in [1.165, 1.54) is 23.3 Å². The van der Waals surface area contributed by atoms with Crippen LogP contribution >= 0.6 is 45.7 Å². The van der Waals surface area contributed by atoms with Gasteiger partial charge in [0.2, 0.25) is 0 Å². The van der Waals surface area contributed by atoms with Crippen molar-refractivity contribution < 1.29 is 32.5 Å². The van der Waals surface area contributed by atoms with E-state index in [0.717, 1.165) is 28.0 Å². The fraction of sp³-hybridized carbons (Fsp3) is 0.250. The number of aromatic nitrogens is 2. The van der Waals surface area contributed by atoms with Crippen LogP contribution in [0.25, 0.3) is 0 Å². The first-order valence-electron chi connectivity index (χ1n) is 8.54. The van der Waals surface area contributed by atoms with Gasteiger partial charge in [-0.1, -0.05) is 29.8 Å². The summed E-state index contributed by atoms with van der Waals surface area (Å²) in [7, 11) is 1.92. The van der Waals surface area contributed by atoms with Crippen LogP contribution in [0, 0.1) is 10.7 Å². The van der Waals surface area contributed by atoms with Crippen LogP contribution in [-0.2, 0) is 45.7 Å². The molecule has 1 aromatic heterocycles. The third-order valence-electron chi connectivity index (χ3n) is 4.02. The van der Waals surface area contributed by atoms with E-state index in [2.05, 4.69) is 97.6 Å². The van der Waals surface area contributed by atoms with Crippen molar-refractivity contribution >= 4 is 45.7 Å². The Morgan fingerprint density at radius 2 is 1.48 bits per heavy atom. The van der Waals surface area contributed by atoms with Gasteiger partial charge in [-0.25, -0.2) is 0 Å². The van der Waals surface area contributed by atoms with Gasteiger partial charge in [0.1, 0.15) is 0 Å². The van der Waals surface area contributed by atoms with Gasteiger partial charge in [0.25, 0.3) is 0 Å². The first-order valence-corrected chi connectivity index (χ1v) is 11.6. The van der Waals surface area contributed by atoms with Crippen molar-refractivity contribution in [2.45, 2.75) is 26.2 Å². The molecule has 0 aliphatic carbocycles. The Morgan fingerprint density at radius 3 is 1.93 bits per heavy atom. The average Bonchev–Trinajstić information content (AvgIpc) is 2.96. The molecule has 0 unspecified atom stereocenters. The van der Waals surface area contributed by atoms with Crippen LogP contribution in [-0.4, -0.2) is 10.5 Å². The molecule has 1 heterocycles. The summed E-state index contributed by atoms with van der Waals surface area (Å²) in [6, 6.07) is 13.9. The molecule has 0 saturated heterocycles. The summed E-state index contributed by atoms with van der Waals surface area (Å²) >= 11 is 6.72. The van der Waals surface area contributed by atoms with Gasteiger partial charge in [-0.2, -0.15) is 1.33 Å². The van der Waals surface area contributed by atoms with Crippen molar-refractivity contribution in [2.24, 2.45) is 7.05 Å². The van der Waals surface area contributed by atoms with Crippen LogP contribution in [0.1, 0.15) is 22.3 Å². The van der Waals surface area contributed by atoms with E-state index in [1.54, 1.807) is 0 Å². The number of aryl methyl sites for hydroxylation is 2. The Morgan fingerprint density at radius 1 is 0.931 bits per heavy atom. The molecule has 29 heavy (non-hydrogen) atoms. The molecule has 2 aromatic carbocycles. The predicted molar refractivity (Wildman–Crippen MR) is 122 cm³/mol. The fourth-order valence-corrected chi connectivity index (χ4v) is 3.74. The minimum atomic E-state index is -4.27. The van der Waals surface area contributed by atoms with Crippen LogP contribution in [0.4, 0.5) is 13.2 Å². The Bertz CT molecular complexity index is 962. The molecule has 9 heteroatoms. The van der Waals surface area contributed by atoms with Crippen molar-refractivity contribution in [3.8, 4) is 0 Å². The van der Waals surface area contributed by atoms with Gasteiger partial charge in [0, 0.05) is 52.3 Å². The second kappa shape index (κ2) is 11.2. The molecule has 0 aliphatic heterocycles. The van der Waals surface area contributed by atoms with Crippen molar-refractivity contribution in [3.63, 3.8) is 0 Å². The molecule has 0 saturated carbocycles. The van der Waals surface area contributed by atoms with Crippen LogP contribution in [0.5, 0.6) is 0 Å². The Kier molecular flexibility index (Phi) is 9.62. The zero-order valence-electron chi connectivity index (χ0n) is 15.7. The molecule has 0 radical (unpaired) electrons. The standard InChI is InChI=1S/C12H11F3N2.C8H9I2N.Pt/c1-16-6-7-17(9-16)8-10-2-4-11(5-3-10)12(13,14)15;1-7-2-4-8(5-3-7)6-11(9)10;/h2-7H,8H2,1H3;2-5H,6H2,1H3;. The van der Waals surface area contributed by atoms with Gasteiger partial charge in [-0.15, -0.1) is 0 Å². The number of alkyl halides is 3. The van der Waals surface area contributed by atoms with Gasteiger partial charge in [0.05, 0.1) is 0 Å². The first-order chi connectivity index (χ1) is 13.6. The van der Waals surface area contributed by atoms with Crippen LogP contribution in [0.15, 0.2) is 60.9 Å². The van der Waals surface area contributed by atoms with E-state index in [-0.39, 0.29) is 0 Å². The number of hydrogen-bond acceptors (Lipinski definition) is 1. The molecule has 0 fully saturated rings. The maximum absolute atomic E-state index is 12.4. The Balaban J connectivity index is 0.000000234. The first kappa shape index (κ1) is 24.8. The SMILES string of the molecule is Cc1ccc(CN(I)I)cc1.Cn1ccn(Cc2ccc(C(F)(F)F)cc2)[c]1=[Pt]. The average molecular weight is 808 g/mol. The van der Waals surface area contributed by atoms with E-state index in [0.29, 0.717) is 6.54 Å². The second-order valence-corrected chi connectivity index (χ2v) is 11.6. The van der Waals surface area contributed by atoms with Gasteiger partial charge >= 0.3 is 113 Å². The third kappa shape index (κ3) is 8.30. The monoisotopic (exact) mass is 808 g/mol. The molecule has 0 N–H and O–H groups in total. The summed E-state index contributed by atoms with van der Waals surface area (Å²) in [6.07, 6.45) is -0.459. The van der Waals surface area contributed by atoms with Gasteiger partial charge in [-0.3, -0.25) is 0 Å². The number of imidazole rings is 1. The number of rotatable bonds is 4. The number of nitrogens with zero attached hydrogens (tertiary/aromatic N) is 3. The van der Waals surface area contributed by atoms with Gasteiger partial charge in [0.15, 0.2) is 0 Å². The van der Waals surface area contributed by atoms with Crippen molar-refractivity contribution in [2.75, 3.05) is 0 Å². The van der Waals surface area contributed by atoms with E-state index in [1.807, 2.05) is 28.6 Å². The number of hydrogen-bond donors (Lipinski definition) is 0. The summed E-state index contributed by atoms with van der Waals surface area (Å²) in [6.45, 7) is 3.68. The zero-order valence-corrected chi connectivity index (χ0v) is 22.3.